The van der Waals surface area contributed by atoms with Crippen molar-refractivity contribution >= 4 is 5.82 Å². The topological polar surface area (TPSA) is 67.1 Å². The zero-order valence-corrected chi connectivity index (χ0v) is 9.97. The number of likely N-dealkylation sites (tertiary alicyclic amines) is 1. The molecule has 0 aromatic carbocycles. The van der Waals surface area contributed by atoms with Crippen molar-refractivity contribution in [2.24, 2.45) is 5.92 Å². The zero-order chi connectivity index (χ0) is 11.7. The molecule has 2 aliphatic heterocycles. The minimum absolute atomic E-state index is 0.563. The lowest BCUT2D eigenvalue weighted by Gasteiger charge is -2.36. The van der Waals surface area contributed by atoms with Crippen molar-refractivity contribution in [3.8, 4) is 0 Å². The first-order chi connectivity index (χ1) is 8.33. The maximum absolute atomic E-state index is 5.69. The summed E-state index contributed by atoms with van der Waals surface area (Å²) in [5.41, 5.74) is 5.69. The van der Waals surface area contributed by atoms with Crippen molar-refractivity contribution in [1.29, 1.82) is 0 Å². The molecule has 17 heavy (non-hydrogen) atoms. The highest BCUT2D eigenvalue weighted by Gasteiger charge is 2.34. The van der Waals surface area contributed by atoms with E-state index in [4.69, 9.17) is 5.73 Å². The van der Waals surface area contributed by atoms with E-state index in [1.807, 2.05) is 0 Å². The van der Waals surface area contributed by atoms with E-state index in [2.05, 4.69) is 20.2 Å². The highest BCUT2D eigenvalue weighted by atomic mass is 15.2. The lowest BCUT2D eigenvalue weighted by molar-refractivity contribution is 0.114. The van der Waals surface area contributed by atoms with Crippen molar-refractivity contribution in [3.05, 3.63) is 18.1 Å². The normalized spacial score (nSPS) is 29.2. The molecule has 0 aliphatic carbocycles. The molecule has 3 N–H and O–H groups in total. The molecular weight excluding hydrogens is 214 g/mol. The van der Waals surface area contributed by atoms with Crippen LogP contribution in [0.5, 0.6) is 0 Å². The number of piperidine rings is 1. The van der Waals surface area contributed by atoms with Crippen LogP contribution in [0.15, 0.2) is 12.3 Å². The minimum atomic E-state index is 0.563. The summed E-state index contributed by atoms with van der Waals surface area (Å²) in [6, 6.07) is 2.40. The Kier molecular flexibility index (Phi) is 2.94. The third-order valence-electron chi connectivity index (χ3n) is 3.86. The molecule has 0 radical (unpaired) electrons. The van der Waals surface area contributed by atoms with Gasteiger partial charge in [0, 0.05) is 18.8 Å². The largest absolute Gasteiger partial charge is 0.384 e. The van der Waals surface area contributed by atoms with Crippen LogP contribution in [0.2, 0.25) is 0 Å². The number of anilines is 1. The molecule has 92 valence electrons. The van der Waals surface area contributed by atoms with Gasteiger partial charge in [0.25, 0.3) is 0 Å². The van der Waals surface area contributed by atoms with E-state index in [-0.39, 0.29) is 0 Å². The first-order valence-corrected chi connectivity index (χ1v) is 6.35. The van der Waals surface area contributed by atoms with Gasteiger partial charge in [0.2, 0.25) is 0 Å². The van der Waals surface area contributed by atoms with E-state index >= 15 is 0 Å². The molecule has 1 aromatic rings. The van der Waals surface area contributed by atoms with Gasteiger partial charge >= 0.3 is 0 Å². The molecule has 2 atom stereocenters. The fraction of sp³-hybridized carbons (Fsp3) is 0.667. The van der Waals surface area contributed by atoms with Gasteiger partial charge in [-0.3, -0.25) is 4.90 Å². The van der Waals surface area contributed by atoms with Crippen LogP contribution in [0.4, 0.5) is 5.82 Å². The van der Waals surface area contributed by atoms with Crippen LogP contribution in [0.1, 0.15) is 18.7 Å². The van der Waals surface area contributed by atoms with E-state index in [0.717, 1.165) is 31.4 Å². The van der Waals surface area contributed by atoms with E-state index in [1.165, 1.54) is 19.4 Å². The average molecular weight is 233 g/mol. The van der Waals surface area contributed by atoms with Crippen molar-refractivity contribution in [2.75, 3.05) is 25.4 Å². The van der Waals surface area contributed by atoms with E-state index < -0.39 is 0 Å². The van der Waals surface area contributed by atoms with E-state index in [1.54, 1.807) is 12.3 Å². The summed E-state index contributed by atoms with van der Waals surface area (Å²) in [6.07, 6.45) is 4.38. The Labute approximate surface area is 101 Å². The molecule has 3 heterocycles. The van der Waals surface area contributed by atoms with Crippen LogP contribution in [0.3, 0.4) is 0 Å². The quantitative estimate of drug-likeness (QED) is 0.766. The molecule has 2 saturated heterocycles. The minimum Gasteiger partial charge on any atom is -0.384 e. The molecule has 5 nitrogen and oxygen atoms in total. The lowest BCUT2D eigenvalue weighted by Crippen LogP contribution is -2.44. The van der Waals surface area contributed by atoms with Crippen molar-refractivity contribution in [1.82, 2.24) is 20.2 Å². The van der Waals surface area contributed by atoms with Gasteiger partial charge in [-0.2, -0.15) is 0 Å². The molecule has 3 rings (SSSR count). The molecule has 0 bridgehead atoms. The SMILES string of the molecule is Nc1ccnc(CN2CCCC3CNCC32)n1. The van der Waals surface area contributed by atoms with Crippen LogP contribution in [-0.2, 0) is 6.54 Å². The third-order valence-corrected chi connectivity index (χ3v) is 3.86. The number of hydrogen-bond acceptors (Lipinski definition) is 5. The number of nitrogen functional groups attached to an aromatic ring is 1. The van der Waals surface area contributed by atoms with E-state index in [0.29, 0.717) is 11.9 Å². The Morgan fingerprint density at radius 2 is 2.41 bits per heavy atom. The van der Waals surface area contributed by atoms with Gasteiger partial charge in [-0.25, -0.2) is 9.97 Å². The first kappa shape index (κ1) is 10.9. The Hall–Kier alpha value is -1.20. The molecule has 5 heteroatoms. The Morgan fingerprint density at radius 3 is 3.29 bits per heavy atom. The summed E-state index contributed by atoms with van der Waals surface area (Å²) in [6.45, 7) is 4.25. The predicted octanol–water partition coefficient (Wildman–Crippen LogP) is 0.243. The monoisotopic (exact) mass is 233 g/mol. The maximum Gasteiger partial charge on any atom is 0.144 e. The summed E-state index contributed by atoms with van der Waals surface area (Å²) in [7, 11) is 0. The molecule has 2 fully saturated rings. The van der Waals surface area contributed by atoms with Crippen LogP contribution in [0.25, 0.3) is 0 Å². The fourth-order valence-electron chi connectivity index (χ4n) is 3.03. The maximum atomic E-state index is 5.69. The second kappa shape index (κ2) is 4.58. The Balaban J connectivity index is 1.71. The van der Waals surface area contributed by atoms with Crippen molar-refractivity contribution in [2.45, 2.75) is 25.4 Å². The van der Waals surface area contributed by atoms with Crippen LogP contribution in [-0.4, -0.2) is 40.5 Å². The number of fused-ring (bicyclic) bond motifs is 1. The van der Waals surface area contributed by atoms with Gasteiger partial charge in [0.15, 0.2) is 0 Å². The van der Waals surface area contributed by atoms with E-state index in [9.17, 15) is 0 Å². The average Bonchev–Trinajstić information content (AvgIpc) is 2.78. The van der Waals surface area contributed by atoms with Gasteiger partial charge in [0.1, 0.15) is 11.6 Å². The van der Waals surface area contributed by atoms with Crippen LogP contribution >= 0.6 is 0 Å². The van der Waals surface area contributed by atoms with Gasteiger partial charge < -0.3 is 11.1 Å². The molecule has 0 amide bonds. The summed E-state index contributed by atoms with van der Waals surface area (Å²) in [5, 5.41) is 3.48. The Morgan fingerprint density at radius 1 is 1.47 bits per heavy atom. The third kappa shape index (κ3) is 2.25. The molecule has 0 spiro atoms. The number of nitrogens with one attached hydrogen (secondary N) is 1. The molecule has 0 saturated carbocycles. The number of rotatable bonds is 2. The summed E-state index contributed by atoms with van der Waals surface area (Å²) in [5.74, 6) is 2.22. The molecule has 2 aliphatic rings. The fourth-order valence-corrected chi connectivity index (χ4v) is 3.03. The van der Waals surface area contributed by atoms with Gasteiger partial charge in [-0.1, -0.05) is 0 Å². The standard InChI is InChI=1S/C12H19N5/c13-11-3-4-15-12(16-11)8-17-5-1-2-9-6-14-7-10(9)17/h3-4,9-10,14H,1-2,5-8H2,(H2,13,15,16). The molecular formula is C12H19N5. The summed E-state index contributed by atoms with van der Waals surface area (Å²) < 4.78 is 0. The number of hydrogen-bond donors (Lipinski definition) is 2. The second-order valence-corrected chi connectivity index (χ2v) is 5.00. The molecule has 2 unspecified atom stereocenters. The van der Waals surface area contributed by atoms with Crippen molar-refractivity contribution in [3.63, 3.8) is 0 Å². The number of aromatic nitrogens is 2. The second-order valence-electron chi connectivity index (χ2n) is 5.00. The van der Waals surface area contributed by atoms with Crippen LogP contribution in [0, 0.1) is 5.92 Å². The van der Waals surface area contributed by atoms with Gasteiger partial charge in [-0.15, -0.1) is 0 Å². The Bertz CT molecular complexity index is 394. The smallest absolute Gasteiger partial charge is 0.144 e. The number of nitrogens with zero attached hydrogens (tertiary/aromatic N) is 3. The number of nitrogens with two attached hydrogens (primary N) is 1. The van der Waals surface area contributed by atoms with Gasteiger partial charge in [0.05, 0.1) is 6.54 Å². The highest BCUT2D eigenvalue weighted by Crippen LogP contribution is 2.27. The summed E-state index contributed by atoms with van der Waals surface area (Å²) in [4.78, 5) is 11.1. The van der Waals surface area contributed by atoms with Crippen molar-refractivity contribution < 1.29 is 0 Å². The first-order valence-electron chi connectivity index (χ1n) is 6.35. The van der Waals surface area contributed by atoms with Gasteiger partial charge in [-0.05, 0) is 37.9 Å². The highest BCUT2D eigenvalue weighted by molar-refractivity contribution is 5.25. The van der Waals surface area contributed by atoms with Crippen LogP contribution < -0.4 is 11.1 Å². The zero-order valence-electron chi connectivity index (χ0n) is 9.97. The predicted molar refractivity (Wildman–Crippen MR) is 66.2 cm³/mol. The summed E-state index contributed by atoms with van der Waals surface area (Å²) >= 11 is 0. The molecule has 1 aromatic heterocycles. The lowest BCUT2D eigenvalue weighted by atomic mass is 9.92.